The summed E-state index contributed by atoms with van der Waals surface area (Å²) in [6, 6.07) is 3.92. The molecule has 0 bridgehead atoms. The Balaban J connectivity index is 0.00000225. The third-order valence-electron chi connectivity index (χ3n) is 2.74. The molecule has 16 heavy (non-hydrogen) atoms. The third-order valence-corrected chi connectivity index (χ3v) is 3.86. The fraction of sp³-hybridized carbons (Fsp3) is 0.455. The molecular formula is C11H17Br2ClN2. The van der Waals surface area contributed by atoms with Gasteiger partial charge >= 0.3 is 0 Å². The minimum absolute atomic E-state index is 0. The van der Waals surface area contributed by atoms with Gasteiger partial charge in [0.1, 0.15) is 0 Å². The van der Waals surface area contributed by atoms with E-state index in [1.54, 1.807) is 0 Å². The first-order chi connectivity index (χ1) is 6.97. The molecule has 0 saturated heterocycles. The van der Waals surface area contributed by atoms with Gasteiger partial charge in [-0.05, 0) is 39.5 Å². The summed E-state index contributed by atoms with van der Waals surface area (Å²) in [7, 11) is 0. The first-order valence-corrected chi connectivity index (χ1v) is 6.56. The maximum atomic E-state index is 6.17. The molecule has 0 spiro atoms. The van der Waals surface area contributed by atoms with Gasteiger partial charge in [-0.25, -0.2) is 0 Å². The second-order valence-electron chi connectivity index (χ2n) is 3.80. The Bertz CT molecular complexity index is 358. The van der Waals surface area contributed by atoms with Gasteiger partial charge in [0.05, 0.1) is 5.69 Å². The van der Waals surface area contributed by atoms with E-state index in [1.807, 2.05) is 12.1 Å². The minimum Gasteiger partial charge on any atom is -0.398 e. The number of benzene rings is 1. The van der Waals surface area contributed by atoms with E-state index in [9.17, 15) is 0 Å². The van der Waals surface area contributed by atoms with Crippen molar-refractivity contribution in [2.75, 3.05) is 5.73 Å². The van der Waals surface area contributed by atoms with Crippen LogP contribution in [0, 0.1) is 5.92 Å². The lowest BCUT2D eigenvalue weighted by molar-refractivity contribution is 0.457. The van der Waals surface area contributed by atoms with E-state index in [-0.39, 0.29) is 18.4 Å². The summed E-state index contributed by atoms with van der Waals surface area (Å²) in [4.78, 5) is 0. The molecule has 0 aliphatic heterocycles. The van der Waals surface area contributed by atoms with E-state index in [1.165, 1.54) is 0 Å². The van der Waals surface area contributed by atoms with Crippen molar-refractivity contribution in [2.24, 2.45) is 11.7 Å². The van der Waals surface area contributed by atoms with Gasteiger partial charge in [-0.1, -0.05) is 36.2 Å². The fourth-order valence-electron chi connectivity index (χ4n) is 1.44. The molecule has 1 unspecified atom stereocenters. The average molecular weight is 373 g/mol. The maximum absolute atomic E-state index is 6.17. The summed E-state index contributed by atoms with van der Waals surface area (Å²) in [5.41, 5.74) is 13.9. The highest BCUT2D eigenvalue weighted by atomic mass is 79.9. The van der Waals surface area contributed by atoms with Crippen molar-refractivity contribution >= 4 is 50.0 Å². The fourth-order valence-corrected chi connectivity index (χ4v) is 2.70. The number of hydrogen-bond donors (Lipinski definition) is 2. The summed E-state index contributed by atoms with van der Waals surface area (Å²) in [6.45, 7) is 4.27. The van der Waals surface area contributed by atoms with Gasteiger partial charge in [0.2, 0.25) is 0 Å². The number of halogens is 3. The molecule has 0 aliphatic rings. The molecule has 0 aliphatic carbocycles. The van der Waals surface area contributed by atoms with Crippen molar-refractivity contribution in [3.63, 3.8) is 0 Å². The van der Waals surface area contributed by atoms with E-state index in [0.29, 0.717) is 5.92 Å². The zero-order valence-corrected chi connectivity index (χ0v) is 13.3. The van der Waals surface area contributed by atoms with Crippen LogP contribution in [-0.2, 0) is 0 Å². The zero-order chi connectivity index (χ0) is 11.6. The van der Waals surface area contributed by atoms with Gasteiger partial charge in [0, 0.05) is 15.0 Å². The van der Waals surface area contributed by atoms with E-state index in [2.05, 4.69) is 45.7 Å². The average Bonchev–Trinajstić information content (AvgIpc) is 2.21. The molecule has 0 saturated carbocycles. The van der Waals surface area contributed by atoms with Crippen LogP contribution < -0.4 is 11.5 Å². The molecule has 1 rings (SSSR count). The van der Waals surface area contributed by atoms with Gasteiger partial charge in [0.15, 0.2) is 0 Å². The van der Waals surface area contributed by atoms with Gasteiger partial charge < -0.3 is 11.5 Å². The monoisotopic (exact) mass is 370 g/mol. The second-order valence-corrected chi connectivity index (χ2v) is 5.57. The molecular weight excluding hydrogens is 355 g/mol. The topological polar surface area (TPSA) is 52.0 Å². The van der Waals surface area contributed by atoms with E-state index in [4.69, 9.17) is 11.5 Å². The Morgan fingerprint density at radius 3 is 2.38 bits per heavy atom. The van der Waals surface area contributed by atoms with Crippen molar-refractivity contribution in [2.45, 2.75) is 26.3 Å². The molecule has 1 aromatic rings. The molecule has 2 atom stereocenters. The molecule has 0 fully saturated rings. The molecule has 0 amide bonds. The highest BCUT2D eigenvalue weighted by Crippen LogP contribution is 2.34. The Hall–Kier alpha value is 0.230. The zero-order valence-electron chi connectivity index (χ0n) is 9.34. The molecule has 2 nitrogen and oxygen atoms in total. The van der Waals surface area contributed by atoms with E-state index >= 15 is 0 Å². The summed E-state index contributed by atoms with van der Waals surface area (Å²) >= 11 is 6.87. The third kappa shape index (κ3) is 3.62. The van der Waals surface area contributed by atoms with Crippen LogP contribution in [-0.4, -0.2) is 0 Å². The van der Waals surface area contributed by atoms with Crippen LogP contribution in [0.5, 0.6) is 0 Å². The van der Waals surface area contributed by atoms with Gasteiger partial charge in [-0.2, -0.15) is 0 Å². The van der Waals surface area contributed by atoms with Crippen molar-refractivity contribution in [3.8, 4) is 0 Å². The lowest BCUT2D eigenvalue weighted by Crippen LogP contribution is -2.20. The predicted molar refractivity (Wildman–Crippen MR) is 79.9 cm³/mol. The number of rotatable bonds is 3. The predicted octanol–water partition coefficient (Wildman–Crippen LogP) is 4.26. The first-order valence-electron chi connectivity index (χ1n) is 4.97. The van der Waals surface area contributed by atoms with Gasteiger partial charge in [-0.15, -0.1) is 12.4 Å². The normalized spacial score (nSPS) is 14.1. The molecule has 1 aromatic carbocycles. The number of nitrogen functional groups attached to an aromatic ring is 1. The molecule has 4 N–H and O–H groups in total. The minimum atomic E-state index is -0.0104. The molecule has 5 heteroatoms. The summed E-state index contributed by atoms with van der Waals surface area (Å²) in [5, 5.41) is 0. The molecule has 0 radical (unpaired) electrons. The van der Waals surface area contributed by atoms with Crippen LogP contribution >= 0.6 is 44.3 Å². The maximum Gasteiger partial charge on any atom is 0.0507 e. The molecule has 0 aromatic heterocycles. The quantitative estimate of drug-likeness (QED) is 0.779. The lowest BCUT2D eigenvalue weighted by Gasteiger charge is -2.21. The molecule has 0 heterocycles. The van der Waals surface area contributed by atoms with Crippen LogP contribution in [0.25, 0.3) is 0 Å². The SMILES string of the molecule is CCC(C)[C@@H](N)c1cc(Br)cc(Br)c1N.Cl. The second kappa shape index (κ2) is 6.84. The highest BCUT2D eigenvalue weighted by molar-refractivity contribution is 9.11. The Labute approximate surface area is 120 Å². The van der Waals surface area contributed by atoms with Crippen LogP contribution in [0.15, 0.2) is 21.1 Å². The Morgan fingerprint density at radius 1 is 1.31 bits per heavy atom. The van der Waals surface area contributed by atoms with Crippen LogP contribution in [0.4, 0.5) is 5.69 Å². The van der Waals surface area contributed by atoms with Crippen molar-refractivity contribution in [3.05, 3.63) is 26.6 Å². The van der Waals surface area contributed by atoms with Crippen molar-refractivity contribution in [1.82, 2.24) is 0 Å². The van der Waals surface area contributed by atoms with Crippen LogP contribution in [0.3, 0.4) is 0 Å². The van der Waals surface area contributed by atoms with Crippen molar-refractivity contribution < 1.29 is 0 Å². The molecule has 92 valence electrons. The van der Waals surface area contributed by atoms with Crippen molar-refractivity contribution in [1.29, 1.82) is 0 Å². The first kappa shape index (κ1) is 16.2. The van der Waals surface area contributed by atoms with E-state index < -0.39 is 0 Å². The number of anilines is 1. The summed E-state index contributed by atoms with van der Waals surface area (Å²) < 4.78 is 1.89. The highest BCUT2D eigenvalue weighted by Gasteiger charge is 2.17. The smallest absolute Gasteiger partial charge is 0.0507 e. The van der Waals surface area contributed by atoms with Crippen LogP contribution in [0.2, 0.25) is 0 Å². The Morgan fingerprint density at radius 2 is 1.88 bits per heavy atom. The standard InChI is InChI=1S/C11H16Br2N2.ClH/c1-3-6(2)10(14)8-4-7(12)5-9(13)11(8)15;/h4-6,10H,3,14-15H2,1-2H3;1H/t6?,10-;/m1./s1. The van der Waals surface area contributed by atoms with Gasteiger partial charge in [0.25, 0.3) is 0 Å². The number of nitrogens with two attached hydrogens (primary N) is 2. The lowest BCUT2D eigenvalue weighted by atomic mass is 9.92. The summed E-state index contributed by atoms with van der Waals surface area (Å²) in [6.07, 6.45) is 1.05. The Kier molecular flexibility index (Phi) is 6.94. The van der Waals surface area contributed by atoms with E-state index in [0.717, 1.165) is 26.6 Å². The number of hydrogen-bond acceptors (Lipinski definition) is 2. The van der Waals surface area contributed by atoms with Gasteiger partial charge in [-0.3, -0.25) is 0 Å². The largest absolute Gasteiger partial charge is 0.398 e. The summed E-state index contributed by atoms with van der Waals surface area (Å²) in [5.74, 6) is 0.425. The van der Waals surface area contributed by atoms with Crippen LogP contribution in [0.1, 0.15) is 31.9 Å².